The molecule has 1 nitrogen and oxygen atoms in total. The zero-order chi connectivity index (χ0) is 14.5. The Morgan fingerprint density at radius 2 is 1.85 bits per heavy atom. The number of halogens is 3. The molecule has 0 spiro atoms. The summed E-state index contributed by atoms with van der Waals surface area (Å²) in [7, 11) is 0. The lowest BCUT2D eigenvalue weighted by molar-refractivity contribution is 0.628. The standard InChI is InChI=1S/C16H16Cl2FN/c1-2-7-20-10-11-3-4-12(17)8-14(11)15-9-13(19)5-6-16(15)18/h3-6,8-9,20H,2,7,10H2,1H3. The zero-order valence-electron chi connectivity index (χ0n) is 11.2. The van der Waals surface area contributed by atoms with E-state index < -0.39 is 0 Å². The Labute approximate surface area is 128 Å². The van der Waals surface area contributed by atoms with E-state index in [2.05, 4.69) is 12.2 Å². The predicted molar refractivity (Wildman–Crippen MR) is 83.9 cm³/mol. The molecule has 20 heavy (non-hydrogen) atoms. The summed E-state index contributed by atoms with van der Waals surface area (Å²) in [5, 5.41) is 4.46. The van der Waals surface area contributed by atoms with Crippen molar-refractivity contribution in [2.24, 2.45) is 0 Å². The number of benzene rings is 2. The van der Waals surface area contributed by atoms with E-state index in [0.717, 1.165) is 24.1 Å². The zero-order valence-corrected chi connectivity index (χ0v) is 12.7. The molecule has 0 saturated heterocycles. The van der Waals surface area contributed by atoms with E-state index >= 15 is 0 Å². The number of rotatable bonds is 5. The molecule has 2 rings (SSSR count). The van der Waals surface area contributed by atoms with Crippen LogP contribution in [0.2, 0.25) is 10.0 Å². The van der Waals surface area contributed by atoms with Crippen molar-refractivity contribution in [3.8, 4) is 11.1 Å². The Balaban J connectivity index is 2.42. The van der Waals surface area contributed by atoms with Gasteiger partial charge in [0.25, 0.3) is 0 Å². The van der Waals surface area contributed by atoms with Gasteiger partial charge in [-0.3, -0.25) is 0 Å². The maximum absolute atomic E-state index is 13.5. The van der Waals surface area contributed by atoms with Crippen LogP contribution in [0.15, 0.2) is 36.4 Å². The lowest BCUT2D eigenvalue weighted by atomic mass is 9.99. The SMILES string of the molecule is CCCNCc1ccc(Cl)cc1-c1cc(F)ccc1Cl. The van der Waals surface area contributed by atoms with Crippen molar-refractivity contribution in [2.45, 2.75) is 19.9 Å². The van der Waals surface area contributed by atoms with Crippen LogP contribution >= 0.6 is 23.2 Å². The van der Waals surface area contributed by atoms with Crippen LogP contribution in [0.3, 0.4) is 0 Å². The minimum atomic E-state index is -0.308. The summed E-state index contributed by atoms with van der Waals surface area (Å²) in [4.78, 5) is 0. The van der Waals surface area contributed by atoms with E-state index in [9.17, 15) is 4.39 Å². The van der Waals surface area contributed by atoms with Gasteiger partial charge in [-0.2, -0.15) is 0 Å². The van der Waals surface area contributed by atoms with Gasteiger partial charge in [-0.25, -0.2) is 4.39 Å². The van der Waals surface area contributed by atoms with Gasteiger partial charge < -0.3 is 5.32 Å². The first kappa shape index (κ1) is 15.3. The van der Waals surface area contributed by atoms with Crippen LogP contribution in [0.25, 0.3) is 11.1 Å². The third kappa shape index (κ3) is 3.72. The van der Waals surface area contributed by atoms with Crippen LogP contribution in [-0.4, -0.2) is 6.54 Å². The normalized spacial score (nSPS) is 10.8. The number of hydrogen-bond acceptors (Lipinski definition) is 1. The van der Waals surface area contributed by atoms with Crippen molar-refractivity contribution >= 4 is 23.2 Å². The lowest BCUT2D eigenvalue weighted by Crippen LogP contribution is -2.14. The summed E-state index contributed by atoms with van der Waals surface area (Å²) in [6.45, 7) is 3.74. The summed E-state index contributed by atoms with van der Waals surface area (Å²) in [5.74, 6) is -0.308. The molecule has 0 saturated carbocycles. The van der Waals surface area contributed by atoms with Gasteiger partial charge >= 0.3 is 0 Å². The smallest absolute Gasteiger partial charge is 0.123 e. The molecule has 0 aliphatic heterocycles. The fourth-order valence-corrected chi connectivity index (χ4v) is 2.45. The van der Waals surface area contributed by atoms with Gasteiger partial charge in [0.1, 0.15) is 5.82 Å². The van der Waals surface area contributed by atoms with Crippen LogP contribution in [0.5, 0.6) is 0 Å². The third-order valence-corrected chi connectivity index (χ3v) is 3.60. The van der Waals surface area contributed by atoms with Crippen LogP contribution in [0, 0.1) is 5.82 Å². The maximum atomic E-state index is 13.5. The van der Waals surface area contributed by atoms with Gasteiger partial charge in [0.05, 0.1) is 0 Å². The minimum absolute atomic E-state index is 0.308. The number of nitrogens with one attached hydrogen (secondary N) is 1. The Hall–Kier alpha value is -1.09. The summed E-state index contributed by atoms with van der Waals surface area (Å²) in [5.41, 5.74) is 2.59. The molecule has 0 bridgehead atoms. The first-order chi connectivity index (χ1) is 9.61. The minimum Gasteiger partial charge on any atom is -0.313 e. The Kier molecular flexibility index (Phi) is 5.41. The fraction of sp³-hybridized carbons (Fsp3) is 0.250. The van der Waals surface area contributed by atoms with Crippen molar-refractivity contribution in [1.29, 1.82) is 0 Å². The molecule has 0 aliphatic carbocycles. The molecule has 2 aromatic rings. The molecule has 0 aromatic heterocycles. The molecular formula is C16H16Cl2FN. The van der Waals surface area contributed by atoms with Gasteiger partial charge in [-0.05, 0) is 54.4 Å². The molecule has 106 valence electrons. The lowest BCUT2D eigenvalue weighted by Gasteiger charge is -2.13. The molecule has 2 aromatic carbocycles. The third-order valence-electron chi connectivity index (χ3n) is 3.03. The molecule has 0 heterocycles. The van der Waals surface area contributed by atoms with E-state index in [1.54, 1.807) is 6.07 Å². The van der Waals surface area contributed by atoms with Crippen molar-refractivity contribution in [3.63, 3.8) is 0 Å². The first-order valence-electron chi connectivity index (χ1n) is 6.56. The predicted octanol–water partition coefficient (Wildman–Crippen LogP) is 5.30. The fourth-order valence-electron chi connectivity index (χ4n) is 2.06. The van der Waals surface area contributed by atoms with E-state index in [-0.39, 0.29) is 5.82 Å². The highest BCUT2D eigenvalue weighted by Gasteiger charge is 2.10. The second-order valence-electron chi connectivity index (χ2n) is 4.60. The molecule has 0 radical (unpaired) electrons. The highest BCUT2D eigenvalue weighted by molar-refractivity contribution is 6.34. The monoisotopic (exact) mass is 311 g/mol. The summed E-state index contributed by atoms with van der Waals surface area (Å²) < 4.78 is 13.5. The van der Waals surface area contributed by atoms with Crippen LogP contribution in [0.4, 0.5) is 4.39 Å². The van der Waals surface area contributed by atoms with Gasteiger partial charge in [-0.15, -0.1) is 0 Å². The average Bonchev–Trinajstić information content (AvgIpc) is 2.43. The first-order valence-corrected chi connectivity index (χ1v) is 7.32. The Morgan fingerprint density at radius 3 is 2.60 bits per heavy atom. The molecule has 0 aliphatic rings. The quantitative estimate of drug-likeness (QED) is 0.739. The van der Waals surface area contributed by atoms with Gasteiger partial charge in [0.15, 0.2) is 0 Å². The summed E-state index contributed by atoms with van der Waals surface area (Å²) >= 11 is 12.2. The maximum Gasteiger partial charge on any atom is 0.123 e. The van der Waals surface area contributed by atoms with E-state index in [1.165, 1.54) is 12.1 Å². The summed E-state index contributed by atoms with van der Waals surface area (Å²) in [6, 6.07) is 9.97. The van der Waals surface area contributed by atoms with Crippen molar-refractivity contribution in [3.05, 3.63) is 57.8 Å². The molecule has 4 heteroatoms. The molecule has 0 amide bonds. The molecule has 0 atom stereocenters. The van der Waals surface area contributed by atoms with Crippen molar-refractivity contribution in [2.75, 3.05) is 6.54 Å². The second kappa shape index (κ2) is 7.07. The average molecular weight is 312 g/mol. The van der Waals surface area contributed by atoms with Gasteiger partial charge in [0, 0.05) is 22.2 Å². The van der Waals surface area contributed by atoms with Gasteiger partial charge in [-0.1, -0.05) is 36.2 Å². The van der Waals surface area contributed by atoms with E-state index in [1.807, 2.05) is 18.2 Å². The highest BCUT2D eigenvalue weighted by atomic mass is 35.5. The van der Waals surface area contributed by atoms with Crippen molar-refractivity contribution < 1.29 is 4.39 Å². The van der Waals surface area contributed by atoms with Crippen LogP contribution in [-0.2, 0) is 6.54 Å². The van der Waals surface area contributed by atoms with Crippen LogP contribution < -0.4 is 5.32 Å². The highest BCUT2D eigenvalue weighted by Crippen LogP contribution is 2.33. The molecule has 1 N–H and O–H groups in total. The Bertz CT molecular complexity index is 599. The Morgan fingerprint density at radius 1 is 1.05 bits per heavy atom. The van der Waals surface area contributed by atoms with Crippen LogP contribution in [0.1, 0.15) is 18.9 Å². The number of hydrogen-bond donors (Lipinski definition) is 1. The van der Waals surface area contributed by atoms with E-state index in [4.69, 9.17) is 23.2 Å². The molecule has 0 unspecified atom stereocenters. The molecule has 0 fully saturated rings. The second-order valence-corrected chi connectivity index (χ2v) is 5.45. The van der Waals surface area contributed by atoms with Crippen molar-refractivity contribution in [1.82, 2.24) is 5.32 Å². The topological polar surface area (TPSA) is 12.0 Å². The molecular weight excluding hydrogens is 296 g/mol. The summed E-state index contributed by atoms with van der Waals surface area (Å²) in [6.07, 6.45) is 1.06. The van der Waals surface area contributed by atoms with E-state index in [0.29, 0.717) is 22.2 Å². The van der Waals surface area contributed by atoms with Gasteiger partial charge in [0.2, 0.25) is 0 Å². The largest absolute Gasteiger partial charge is 0.313 e.